The summed E-state index contributed by atoms with van der Waals surface area (Å²) in [5, 5.41) is 11.1. The largest absolute Gasteiger partial charge is 0.288 e. The molecule has 5 nitrogen and oxygen atoms in total. The van der Waals surface area contributed by atoms with Crippen LogP contribution in [0.2, 0.25) is 0 Å². The first-order chi connectivity index (χ1) is 10.6. The molecule has 22 heavy (non-hydrogen) atoms. The highest BCUT2D eigenvalue weighted by Gasteiger charge is 2.43. The Labute approximate surface area is 128 Å². The first-order valence-electron chi connectivity index (χ1n) is 7.04. The average molecular weight is 296 g/mol. The molecule has 0 unspecified atom stereocenters. The number of hydrogen-bond acceptors (Lipinski definition) is 4. The van der Waals surface area contributed by atoms with Gasteiger partial charge in [0.25, 0.3) is 5.91 Å². The van der Waals surface area contributed by atoms with E-state index in [2.05, 4.69) is 0 Å². The van der Waals surface area contributed by atoms with E-state index in [1.807, 2.05) is 19.1 Å². The second kappa shape index (κ2) is 5.61. The predicted octanol–water partition coefficient (Wildman–Crippen LogP) is 2.52. The molecular weight excluding hydrogens is 280 g/mol. The summed E-state index contributed by atoms with van der Waals surface area (Å²) in [4.78, 5) is 25.9. The van der Waals surface area contributed by atoms with Gasteiger partial charge in [0.2, 0.25) is 5.91 Å². The second-order valence-electron chi connectivity index (χ2n) is 5.31. The molecule has 0 spiro atoms. The third-order valence-corrected chi connectivity index (χ3v) is 3.70. The molecule has 112 valence electrons. The smallest absolute Gasteiger partial charge is 0.259 e. The van der Waals surface area contributed by atoms with Crippen LogP contribution in [0.4, 0.5) is 11.4 Å². The highest BCUT2D eigenvalue weighted by Crippen LogP contribution is 2.28. The summed E-state index contributed by atoms with van der Waals surface area (Å²) in [7, 11) is 0. The van der Waals surface area contributed by atoms with Gasteiger partial charge in [0.15, 0.2) is 0 Å². The fourth-order valence-corrected chi connectivity index (χ4v) is 2.61. The molecule has 5 heteroatoms. The van der Waals surface area contributed by atoms with Gasteiger partial charge < -0.3 is 0 Å². The standard InChI is InChI=1S/C17H16N2O3/c1-12-6-5-9-14(10-12)18-16(20)11-15(17(18)21)19(22)13-7-3-2-4-8-13/h2-10,15,22H,11H2,1H3/t15-/m0/s1. The third-order valence-electron chi connectivity index (χ3n) is 3.70. The van der Waals surface area contributed by atoms with Crippen LogP contribution in [0, 0.1) is 6.92 Å². The zero-order valence-corrected chi connectivity index (χ0v) is 12.1. The summed E-state index contributed by atoms with van der Waals surface area (Å²) in [5.41, 5.74) is 1.99. The fraction of sp³-hybridized carbons (Fsp3) is 0.176. The lowest BCUT2D eigenvalue weighted by Crippen LogP contribution is -2.40. The summed E-state index contributed by atoms with van der Waals surface area (Å²) in [6.45, 7) is 1.90. The van der Waals surface area contributed by atoms with Crippen molar-refractivity contribution in [2.24, 2.45) is 0 Å². The van der Waals surface area contributed by atoms with Gasteiger partial charge in [0.05, 0.1) is 17.8 Å². The quantitative estimate of drug-likeness (QED) is 0.698. The van der Waals surface area contributed by atoms with Gasteiger partial charge in [-0.1, -0.05) is 30.3 Å². The van der Waals surface area contributed by atoms with E-state index in [0.29, 0.717) is 11.4 Å². The summed E-state index contributed by atoms with van der Waals surface area (Å²) < 4.78 is 0. The van der Waals surface area contributed by atoms with E-state index in [0.717, 1.165) is 15.5 Å². The van der Waals surface area contributed by atoms with Crippen LogP contribution >= 0.6 is 0 Å². The number of aryl methyl sites for hydroxylation is 1. The summed E-state index contributed by atoms with van der Waals surface area (Å²) in [6.07, 6.45) is -0.0435. The number of hydroxylamine groups is 1. The van der Waals surface area contributed by atoms with Crippen molar-refractivity contribution in [1.29, 1.82) is 0 Å². The highest BCUT2D eigenvalue weighted by atomic mass is 16.5. The second-order valence-corrected chi connectivity index (χ2v) is 5.31. The van der Waals surface area contributed by atoms with Gasteiger partial charge >= 0.3 is 0 Å². The number of amides is 2. The predicted molar refractivity (Wildman–Crippen MR) is 82.8 cm³/mol. The van der Waals surface area contributed by atoms with Crippen molar-refractivity contribution in [3.8, 4) is 0 Å². The SMILES string of the molecule is Cc1cccc(N2C(=O)C[C@H](N(O)c3ccccc3)C2=O)c1. The summed E-state index contributed by atoms with van der Waals surface area (Å²) >= 11 is 0. The van der Waals surface area contributed by atoms with Crippen molar-refractivity contribution in [2.45, 2.75) is 19.4 Å². The van der Waals surface area contributed by atoms with Crippen LogP contribution < -0.4 is 9.96 Å². The van der Waals surface area contributed by atoms with Gasteiger partial charge in [-0.3, -0.25) is 14.8 Å². The van der Waals surface area contributed by atoms with Crippen molar-refractivity contribution in [3.05, 3.63) is 60.2 Å². The van der Waals surface area contributed by atoms with Crippen LogP contribution in [0.3, 0.4) is 0 Å². The zero-order chi connectivity index (χ0) is 15.7. The lowest BCUT2D eigenvalue weighted by Gasteiger charge is -2.22. The van der Waals surface area contributed by atoms with Crippen LogP contribution in [-0.2, 0) is 9.59 Å². The number of carbonyl (C=O) groups excluding carboxylic acids is 2. The summed E-state index contributed by atoms with van der Waals surface area (Å²) in [5.74, 6) is -0.725. The van der Waals surface area contributed by atoms with Crippen LogP contribution in [0.1, 0.15) is 12.0 Å². The van der Waals surface area contributed by atoms with Crippen LogP contribution in [0.15, 0.2) is 54.6 Å². The molecule has 1 fully saturated rings. The molecule has 1 aliphatic rings. The number of imide groups is 1. The number of anilines is 2. The number of benzene rings is 2. The van der Waals surface area contributed by atoms with E-state index in [9.17, 15) is 14.8 Å². The third kappa shape index (κ3) is 2.46. The van der Waals surface area contributed by atoms with E-state index < -0.39 is 11.9 Å². The van der Waals surface area contributed by atoms with E-state index in [1.165, 1.54) is 0 Å². The molecule has 2 aromatic carbocycles. The normalized spacial score (nSPS) is 17.9. The maximum Gasteiger partial charge on any atom is 0.259 e. The number of nitrogens with zero attached hydrogens (tertiary/aromatic N) is 2. The number of hydrogen-bond donors (Lipinski definition) is 1. The van der Waals surface area contributed by atoms with Crippen LogP contribution in [0.5, 0.6) is 0 Å². The van der Waals surface area contributed by atoms with Gasteiger partial charge in [-0.05, 0) is 36.8 Å². The molecular formula is C17H16N2O3. The molecule has 3 rings (SSSR count). The average Bonchev–Trinajstić information content (AvgIpc) is 2.82. The maximum atomic E-state index is 12.5. The first kappa shape index (κ1) is 14.3. The Morgan fingerprint density at radius 2 is 1.82 bits per heavy atom. The molecule has 2 amide bonds. The van der Waals surface area contributed by atoms with E-state index in [-0.39, 0.29) is 12.3 Å². The number of carbonyl (C=O) groups is 2. The monoisotopic (exact) mass is 296 g/mol. The molecule has 0 bridgehead atoms. The molecule has 1 heterocycles. The Morgan fingerprint density at radius 3 is 2.50 bits per heavy atom. The number of rotatable bonds is 3. The van der Waals surface area contributed by atoms with Gasteiger partial charge in [0, 0.05) is 0 Å². The van der Waals surface area contributed by atoms with E-state index in [4.69, 9.17) is 0 Å². The minimum Gasteiger partial charge on any atom is -0.288 e. The Morgan fingerprint density at radius 1 is 1.09 bits per heavy atom. The molecule has 0 aliphatic carbocycles. The Kier molecular flexibility index (Phi) is 3.65. The molecule has 1 saturated heterocycles. The van der Waals surface area contributed by atoms with Crippen molar-refractivity contribution < 1.29 is 14.8 Å². The fourth-order valence-electron chi connectivity index (χ4n) is 2.61. The molecule has 0 saturated carbocycles. The lowest BCUT2D eigenvalue weighted by atomic mass is 10.2. The van der Waals surface area contributed by atoms with Gasteiger partial charge in [-0.2, -0.15) is 0 Å². The van der Waals surface area contributed by atoms with Crippen molar-refractivity contribution in [1.82, 2.24) is 0 Å². The van der Waals surface area contributed by atoms with E-state index >= 15 is 0 Å². The van der Waals surface area contributed by atoms with Crippen molar-refractivity contribution in [3.63, 3.8) is 0 Å². The molecule has 1 atom stereocenters. The lowest BCUT2D eigenvalue weighted by molar-refractivity contribution is -0.121. The van der Waals surface area contributed by atoms with Crippen LogP contribution in [0.25, 0.3) is 0 Å². The van der Waals surface area contributed by atoms with Gasteiger partial charge in [-0.15, -0.1) is 0 Å². The van der Waals surface area contributed by atoms with Crippen molar-refractivity contribution in [2.75, 3.05) is 9.96 Å². The minimum absolute atomic E-state index is 0.0435. The van der Waals surface area contributed by atoms with Crippen molar-refractivity contribution >= 4 is 23.2 Å². The van der Waals surface area contributed by atoms with Gasteiger partial charge in [0.1, 0.15) is 6.04 Å². The highest BCUT2D eigenvalue weighted by molar-refractivity contribution is 6.23. The first-order valence-corrected chi connectivity index (χ1v) is 7.04. The van der Waals surface area contributed by atoms with E-state index in [1.54, 1.807) is 42.5 Å². The molecule has 2 aromatic rings. The summed E-state index contributed by atoms with van der Waals surface area (Å²) in [6, 6.07) is 15.0. The molecule has 0 aromatic heterocycles. The Balaban J connectivity index is 1.89. The minimum atomic E-state index is -0.893. The van der Waals surface area contributed by atoms with Crippen LogP contribution in [-0.4, -0.2) is 23.1 Å². The Hall–Kier alpha value is -2.66. The zero-order valence-electron chi connectivity index (χ0n) is 12.1. The molecule has 0 radical (unpaired) electrons. The molecule has 1 aliphatic heterocycles. The number of para-hydroxylation sites is 1. The van der Waals surface area contributed by atoms with Gasteiger partial charge in [-0.25, -0.2) is 9.96 Å². The maximum absolute atomic E-state index is 12.5. The Bertz CT molecular complexity index is 715. The molecule has 1 N–H and O–H groups in total. The topological polar surface area (TPSA) is 60.9 Å².